The standard InChI is InChI=1S/C11H16N2O5/c14-10(9-5-8(11(15)16)13-18-9)12-6-7-3-1-2-4-17-7/h7,9H,1-6H2,(H,12,14)(H,15,16). The molecule has 7 heteroatoms. The number of oxime groups is 1. The fraction of sp³-hybridized carbons (Fsp3) is 0.727. The Hall–Kier alpha value is -1.63. The van der Waals surface area contributed by atoms with Gasteiger partial charge in [0, 0.05) is 19.6 Å². The molecule has 0 radical (unpaired) electrons. The predicted octanol–water partition coefficient (Wildman–Crippen LogP) is -0.0988. The number of carboxylic acids is 1. The summed E-state index contributed by atoms with van der Waals surface area (Å²) in [5.41, 5.74) is -0.121. The number of aliphatic carboxylic acids is 1. The maximum atomic E-state index is 11.7. The minimum Gasteiger partial charge on any atom is -0.477 e. The molecule has 2 N–H and O–H groups in total. The minimum atomic E-state index is -1.15. The van der Waals surface area contributed by atoms with Crippen LogP contribution in [0.3, 0.4) is 0 Å². The first kappa shape index (κ1) is 12.8. The molecule has 0 spiro atoms. The Balaban J connectivity index is 1.71. The molecule has 1 saturated heterocycles. The van der Waals surface area contributed by atoms with E-state index < -0.39 is 12.1 Å². The number of carbonyl (C=O) groups is 2. The van der Waals surface area contributed by atoms with E-state index in [-0.39, 0.29) is 24.1 Å². The Morgan fingerprint density at radius 2 is 2.28 bits per heavy atom. The fourth-order valence-electron chi connectivity index (χ4n) is 1.94. The third kappa shape index (κ3) is 3.19. The second-order valence-electron chi connectivity index (χ2n) is 4.38. The Morgan fingerprint density at radius 3 is 2.89 bits per heavy atom. The first-order valence-electron chi connectivity index (χ1n) is 6.02. The molecule has 0 saturated carbocycles. The second kappa shape index (κ2) is 5.81. The van der Waals surface area contributed by atoms with Crippen LogP contribution < -0.4 is 5.32 Å². The van der Waals surface area contributed by atoms with Gasteiger partial charge in [-0.25, -0.2) is 4.79 Å². The first-order valence-corrected chi connectivity index (χ1v) is 6.02. The van der Waals surface area contributed by atoms with Crippen LogP contribution in [0.5, 0.6) is 0 Å². The third-order valence-corrected chi connectivity index (χ3v) is 2.99. The number of hydrogen-bond acceptors (Lipinski definition) is 5. The van der Waals surface area contributed by atoms with Crippen molar-refractivity contribution in [2.24, 2.45) is 5.16 Å². The molecule has 0 aromatic rings. The Bertz CT molecular complexity index is 362. The monoisotopic (exact) mass is 256 g/mol. The summed E-state index contributed by atoms with van der Waals surface area (Å²) in [7, 11) is 0. The summed E-state index contributed by atoms with van der Waals surface area (Å²) in [6, 6.07) is 0. The van der Waals surface area contributed by atoms with Gasteiger partial charge in [0.05, 0.1) is 6.10 Å². The molecule has 0 aliphatic carbocycles. The zero-order valence-electron chi connectivity index (χ0n) is 9.92. The van der Waals surface area contributed by atoms with Crippen molar-refractivity contribution in [2.75, 3.05) is 13.2 Å². The molecule has 18 heavy (non-hydrogen) atoms. The summed E-state index contributed by atoms with van der Waals surface area (Å²) in [6.45, 7) is 1.16. The van der Waals surface area contributed by atoms with Crippen molar-refractivity contribution < 1.29 is 24.3 Å². The Morgan fingerprint density at radius 1 is 1.44 bits per heavy atom. The number of rotatable bonds is 4. The molecule has 0 aromatic heterocycles. The topological polar surface area (TPSA) is 97.2 Å². The highest BCUT2D eigenvalue weighted by atomic mass is 16.6. The van der Waals surface area contributed by atoms with Crippen LogP contribution in [0.15, 0.2) is 5.16 Å². The van der Waals surface area contributed by atoms with Gasteiger partial charge in [-0.05, 0) is 19.3 Å². The largest absolute Gasteiger partial charge is 0.477 e. The van der Waals surface area contributed by atoms with Gasteiger partial charge in [0.2, 0.25) is 6.10 Å². The number of hydrogen-bond donors (Lipinski definition) is 2. The number of nitrogens with zero attached hydrogens (tertiary/aromatic N) is 1. The van der Waals surface area contributed by atoms with Crippen LogP contribution in [-0.4, -0.2) is 48.1 Å². The van der Waals surface area contributed by atoms with Gasteiger partial charge in [-0.1, -0.05) is 5.16 Å². The Labute approximate surface area is 104 Å². The van der Waals surface area contributed by atoms with Gasteiger partial charge in [0.25, 0.3) is 5.91 Å². The van der Waals surface area contributed by atoms with Crippen LogP contribution in [0.25, 0.3) is 0 Å². The van der Waals surface area contributed by atoms with Crippen molar-refractivity contribution in [2.45, 2.75) is 37.9 Å². The molecule has 1 fully saturated rings. The number of ether oxygens (including phenoxy) is 1. The van der Waals surface area contributed by atoms with Gasteiger partial charge < -0.3 is 20.0 Å². The summed E-state index contributed by atoms with van der Waals surface area (Å²) in [6.07, 6.45) is 2.32. The lowest BCUT2D eigenvalue weighted by atomic mass is 10.1. The second-order valence-corrected chi connectivity index (χ2v) is 4.38. The molecular weight excluding hydrogens is 240 g/mol. The molecule has 2 heterocycles. The first-order chi connectivity index (χ1) is 8.66. The molecule has 1 amide bonds. The minimum absolute atomic E-state index is 0.00664. The van der Waals surface area contributed by atoms with E-state index in [1.807, 2.05) is 0 Å². The normalized spacial score (nSPS) is 27.2. The van der Waals surface area contributed by atoms with E-state index >= 15 is 0 Å². The average Bonchev–Trinajstić information content (AvgIpc) is 2.87. The molecule has 7 nitrogen and oxygen atoms in total. The zero-order chi connectivity index (χ0) is 13.0. The molecule has 2 unspecified atom stereocenters. The highest BCUT2D eigenvalue weighted by Crippen LogP contribution is 2.13. The SMILES string of the molecule is O=C(O)C1=NOC(C(=O)NCC2CCCCO2)C1. The highest BCUT2D eigenvalue weighted by molar-refractivity contribution is 6.36. The van der Waals surface area contributed by atoms with Crippen LogP contribution in [0.4, 0.5) is 0 Å². The zero-order valence-corrected chi connectivity index (χ0v) is 9.92. The lowest BCUT2D eigenvalue weighted by molar-refractivity contribution is -0.132. The summed E-state index contributed by atoms with van der Waals surface area (Å²) < 4.78 is 5.47. The van der Waals surface area contributed by atoms with Crippen LogP contribution in [0, 0.1) is 0 Å². The van der Waals surface area contributed by atoms with E-state index in [0.717, 1.165) is 25.9 Å². The van der Waals surface area contributed by atoms with Crippen molar-refractivity contribution in [1.29, 1.82) is 0 Å². The molecule has 100 valence electrons. The maximum Gasteiger partial charge on any atom is 0.353 e. The van der Waals surface area contributed by atoms with Gasteiger partial charge in [-0.2, -0.15) is 0 Å². The van der Waals surface area contributed by atoms with Crippen molar-refractivity contribution in [3.63, 3.8) is 0 Å². The van der Waals surface area contributed by atoms with Crippen molar-refractivity contribution in [1.82, 2.24) is 5.32 Å². The fourth-order valence-corrected chi connectivity index (χ4v) is 1.94. The molecule has 2 rings (SSSR count). The smallest absolute Gasteiger partial charge is 0.353 e. The molecule has 0 bridgehead atoms. The summed E-state index contributed by atoms with van der Waals surface area (Å²) in [5, 5.41) is 14.7. The van der Waals surface area contributed by atoms with E-state index in [4.69, 9.17) is 14.7 Å². The third-order valence-electron chi connectivity index (χ3n) is 2.99. The van der Waals surface area contributed by atoms with Crippen molar-refractivity contribution in [3.8, 4) is 0 Å². The van der Waals surface area contributed by atoms with Crippen LogP contribution in [0.1, 0.15) is 25.7 Å². The lowest BCUT2D eigenvalue weighted by Gasteiger charge is -2.23. The summed E-state index contributed by atoms with van der Waals surface area (Å²) >= 11 is 0. The molecule has 2 atom stereocenters. The van der Waals surface area contributed by atoms with E-state index in [9.17, 15) is 9.59 Å². The highest BCUT2D eigenvalue weighted by Gasteiger charge is 2.31. The molecule has 2 aliphatic rings. The number of amides is 1. The van der Waals surface area contributed by atoms with Gasteiger partial charge in [-0.3, -0.25) is 4.79 Å². The van der Waals surface area contributed by atoms with Gasteiger partial charge in [0.15, 0.2) is 5.71 Å². The van der Waals surface area contributed by atoms with E-state index in [2.05, 4.69) is 10.5 Å². The van der Waals surface area contributed by atoms with Gasteiger partial charge in [-0.15, -0.1) is 0 Å². The summed E-state index contributed by atoms with van der Waals surface area (Å²) in [5.74, 6) is -1.50. The van der Waals surface area contributed by atoms with Crippen LogP contribution >= 0.6 is 0 Å². The quantitative estimate of drug-likeness (QED) is 0.732. The molecule has 0 aromatic carbocycles. The van der Waals surface area contributed by atoms with Gasteiger partial charge >= 0.3 is 5.97 Å². The lowest BCUT2D eigenvalue weighted by Crippen LogP contribution is -2.41. The molecule has 2 aliphatic heterocycles. The van der Waals surface area contributed by atoms with Crippen molar-refractivity contribution >= 4 is 17.6 Å². The van der Waals surface area contributed by atoms with Gasteiger partial charge in [0.1, 0.15) is 0 Å². The number of nitrogens with one attached hydrogen (secondary N) is 1. The average molecular weight is 256 g/mol. The predicted molar refractivity (Wildman–Crippen MR) is 61.2 cm³/mol. The van der Waals surface area contributed by atoms with Crippen LogP contribution in [0.2, 0.25) is 0 Å². The van der Waals surface area contributed by atoms with Crippen LogP contribution in [-0.2, 0) is 19.2 Å². The Kier molecular flexibility index (Phi) is 4.14. The molecular formula is C11H16N2O5. The summed E-state index contributed by atoms with van der Waals surface area (Å²) in [4.78, 5) is 27.1. The van der Waals surface area contributed by atoms with E-state index in [1.54, 1.807) is 0 Å². The number of carbonyl (C=O) groups excluding carboxylic acids is 1. The van der Waals surface area contributed by atoms with E-state index in [1.165, 1.54) is 0 Å². The van der Waals surface area contributed by atoms with Crippen molar-refractivity contribution in [3.05, 3.63) is 0 Å². The maximum absolute atomic E-state index is 11.7. The number of carboxylic acid groups (broad SMARTS) is 1. The van der Waals surface area contributed by atoms with E-state index in [0.29, 0.717) is 6.54 Å².